The summed E-state index contributed by atoms with van der Waals surface area (Å²) in [7, 11) is 0. The maximum atomic E-state index is 5.22. The van der Waals surface area contributed by atoms with E-state index in [1.807, 2.05) is 48.5 Å². The minimum absolute atomic E-state index is 0.739. The van der Waals surface area contributed by atoms with E-state index in [-0.39, 0.29) is 0 Å². The largest absolute Gasteiger partial charge is 0.354 e. The molecular weight excluding hydrogens is 280 g/mol. The summed E-state index contributed by atoms with van der Waals surface area (Å²) in [5.74, 6) is 0.739. The Labute approximate surface area is 107 Å². The molecule has 3 rings (SSSR count). The smallest absolute Gasteiger partial charge is 0.181 e. The van der Waals surface area contributed by atoms with Crippen LogP contribution in [0.5, 0.6) is 0 Å². The summed E-state index contributed by atoms with van der Waals surface area (Å²) in [5.41, 5.74) is 1.76. The number of fused-ring (bicyclic) bond motifs is 1. The first kappa shape index (κ1) is 10.4. The fraction of sp³-hybridized carbons (Fsp3) is 0. The second-order valence-electron chi connectivity index (χ2n) is 3.66. The van der Waals surface area contributed by atoms with Crippen LogP contribution >= 0.6 is 15.9 Å². The van der Waals surface area contributed by atoms with E-state index < -0.39 is 0 Å². The Bertz CT molecular complexity index is 646. The molecule has 0 saturated heterocycles. The first-order valence-corrected chi connectivity index (χ1v) is 5.99. The van der Waals surface area contributed by atoms with Crippen molar-refractivity contribution < 1.29 is 4.52 Å². The molecule has 1 aromatic heterocycles. The molecule has 0 atom stereocenters. The Kier molecular flexibility index (Phi) is 2.57. The molecule has 3 nitrogen and oxygen atoms in total. The highest BCUT2D eigenvalue weighted by atomic mass is 79.9. The lowest BCUT2D eigenvalue weighted by atomic mass is 10.2. The first-order chi connectivity index (χ1) is 8.33. The molecule has 0 radical (unpaired) electrons. The van der Waals surface area contributed by atoms with Gasteiger partial charge in [0.05, 0.1) is 5.39 Å². The Morgan fingerprint density at radius 3 is 2.59 bits per heavy atom. The number of hydrogen-bond donors (Lipinski definition) is 1. The fourth-order valence-electron chi connectivity index (χ4n) is 1.65. The number of para-hydroxylation sites is 1. The highest BCUT2D eigenvalue weighted by Gasteiger charge is 2.06. The SMILES string of the molecule is Brc1ccc(Nc2noc3ccccc23)cc1. The van der Waals surface area contributed by atoms with Gasteiger partial charge >= 0.3 is 0 Å². The van der Waals surface area contributed by atoms with E-state index in [1.165, 1.54) is 0 Å². The minimum atomic E-state index is 0.739. The molecule has 3 aromatic rings. The van der Waals surface area contributed by atoms with Crippen molar-refractivity contribution in [1.82, 2.24) is 5.16 Å². The van der Waals surface area contributed by atoms with Crippen molar-refractivity contribution in [2.75, 3.05) is 5.32 Å². The summed E-state index contributed by atoms with van der Waals surface area (Å²) in [6.45, 7) is 0. The van der Waals surface area contributed by atoms with Gasteiger partial charge in [0.1, 0.15) is 0 Å². The number of benzene rings is 2. The molecule has 1 N–H and O–H groups in total. The number of nitrogens with zero attached hydrogens (tertiary/aromatic N) is 1. The summed E-state index contributed by atoms with van der Waals surface area (Å²) in [4.78, 5) is 0. The Balaban J connectivity index is 1.97. The van der Waals surface area contributed by atoms with E-state index >= 15 is 0 Å². The molecule has 17 heavy (non-hydrogen) atoms. The van der Waals surface area contributed by atoms with Gasteiger partial charge in [0.25, 0.3) is 0 Å². The van der Waals surface area contributed by atoms with Crippen LogP contribution in [-0.4, -0.2) is 5.16 Å². The van der Waals surface area contributed by atoms with Crippen LogP contribution in [0.15, 0.2) is 57.5 Å². The third-order valence-electron chi connectivity index (χ3n) is 2.48. The number of nitrogens with one attached hydrogen (secondary N) is 1. The average molecular weight is 289 g/mol. The number of hydrogen-bond acceptors (Lipinski definition) is 3. The van der Waals surface area contributed by atoms with Crippen LogP contribution in [0.4, 0.5) is 11.5 Å². The van der Waals surface area contributed by atoms with Crippen molar-refractivity contribution >= 4 is 38.4 Å². The van der Waals surface area contributed by atoms with Crippen LogP contribution in [0, 0.1) is 0 Å². The summed E-state index contributed by atoms with van der Waals surface area (Å²) in [6, 6.07) is 15.7. The molecule has 1 heterocycles. The van der Waals surface area contributed by atoms with Crippen LogP contribution in [-0.2, 0) is 0 Å². The molecule has 0 bridgehead atoms. The number of anilines is 2. The molecule has 0 aliphatic heterocycles. The summed E-state index contributed by atoms with van der Waals surface area (Å²) < 4.78 is 6.27. The van der Waals surface area contributed by atoms with Crippen molar-refractivity contribution in [2.45, 2.75) is 0 Å². The zero-order chi connectivity index (χ0) is 11.7. The predicted octanol–water partition coefficient (Wildman–Crippen LogP) is 4.33. The fourth-order valence-corrected chi connectivity index (χ4v) is 1.91. The molecule has 84 valence electrons. The molecular formula is C13H9BrN2O. The average Bonchev–Trinajstić information content (AvgIpc) is 2.76. The summed E-state index contributed by atoms with van der Waals surface area (Å²) >= 11 is 3.40. The minimum Gasteiger partial charge on any atom is -0.354 e. The molecule has 0 amide bonds. The van der Waals surface area contributed by atoms with Crippen LogP contribution in [0.1, 0.15) is 0 Å². The van der Waals surface area contributed by atoms with E-state index in [0.717, 1.165) is 26.9 Å². The predicted molar refractivity (Wildman–Crippen MR) is 71.4 cm³/mol. The lowest BCUT2D eigenvalue weighted by molar-refractivity contribution is 0.460. The lowest BCUT2D eigenvalue weighted by Crippen LogP contribution is -1.89. The second kappa shape index (κ2) is 4.22. The zero-order valence-electron chi connectivity index (χ0n) is 8.85. The van der Waals surface area contributed by atoms with Gasteiger partial charge in [0.2, 0.25) is 0 Å². The molecule has 0 aliphatic carbocycles. The van der Waals surface area contributed by atoms with Gasteiger partial charge in [-0.3, -0.25) is 0 Å². The van der Waals surface area contributed by atoms with Crippen LogP contribution in [0.25, 0.3) is 11.0 Å². The normalized spacial score (nSPS) is 10.6. The van der Waals surface area contributed by atoms with Gasteiger partial charge in [0.15, 0.2) is 11.4 Å². The molecule has 0 spiro atoms. The van der Waals surface area contributed by atoms with Crippen LogP contribution < -0.4 is 5.32 Å². The lowest BCUT2D eigenvalue weighted by Gasteiger charge is -2.02. The van der Waals surface area contributed by atoms with Gasteiger partial charge in [-0.1, -0.05) is 33.2 Å². The van der Waals surface area contributed by atoms with Gasteiger partial charge in [-0.05, 0) is 36.4 Å². The van der Waals surface area contributed by atoms with Gasteiger partial charge in [-0.25, -0.2) is 0 Å². The van der Waals surface area contributed by atoms with Gasteiger partial charge in [-0.2, -0.15) is 0 Å². The van der Waals surface area contributed by atoms with Crippen molar-refractivity contribution in [2.24, 2.45) is 0 Å². The highest BCUT2D eigenvalue weighted by Crippen LogP contribution is 2.25. The van der Waals surface area contributed by atoms with Crippen molar-refractivity contribution in [3.05, 3.63) is 53.0 Å². The molecule has 0 unspecified atom stereocenters. The maximum Gasteiger partial charge on any atom is 0.181 e. The van der Waals surface area contributed by atoms with Crippen LogP contribution in [0.3, 0.4) is 0 Å². The maximum absolute atomic E-state index is 5.22. The van der Waals surface area contributed by atoms with Gasteiger partial charge in [-0.15, -0.1) is 0 Å². The topological polar surface area (TPSA) is 38.1 Å². The molecule has 0 aliphatic rings. The third-order valence-corrected chi connectivity index (χ3v) is 3.01. The van der Waals surface area contributed by atoms with E-state index in [4.69, 9.17) is 4.52 Å². The number of halogens is 1. The van der Waals surface area contributed by atoms with Gasteiger partial charge < -0.3 is 9.84 Å². The van der Waals surface area contributed by atoms with Crippen molar-refractivity contribution in [3.63, 3.8) is 0 Å². The molecule has 2 aromatic carbocycles. The molecule has 0 fully saturated rings. The standard InChI is InChI=1S/C13H9BrN2O/c14-9-5-7-10(8-6-9)15-13-11-3-1-2-4-12(11)17-16-13/h1-8H,(H,15,16). The first-order valence-electron chi connectivity index (χ1n) is 5.20. The monoisotopic (exact) mass is 288 g/mol. The van der Waals surface area contributed by atoms with E-state index in [9.17, 15) is 0 Å². The van der Waals surface area contributed by atoms with Crippen molar-refractivity contribution in [1.29, 1.82) is 0 Å². The molecule has 0 saturated carbocycles. The summed E-state index contributed by atoms with van der Waals surface area (Å²) in [5, 5.41) is 8.23. The van der Waals surface area contributed by atoms with Crippen molar-refractivity contribution in [3.8, 4) is 0 Å². The van der Waals surface area contributed by atoms with E-state index in [1.54, 1.807) is 0 Å². The van der Waals surface area contributed by atoms with E-state index in [2.05, 4.69) is 26.4 Å². The number of aromatic nitrogens is 1. The van der Waals surface area contributed by atoms with E-state index in [0.29, 0.717) is 0 Å². The van der Waals surface area contributed by atoms with Crippen LogP contribution in [0.2, 0.25) is 0 Å². The third kappa shape index (κ3) is 2.03. The quantitative estimate of drug-likeness (QED) is 0.763. The zero-order valence-corrected chi connectivity index (χ0v) is 10.4. The van der Waals surface area contributed by atoms with Gasteiger partial charge in [0, 0.05) is 10.2 Å². The Morgan fingerprint density at radius 1 is 1.00 bits per heavy atom. The Morgan fingerprint density at radius 2 is 1.76 bits per heavy atom. The molecule has 4 heteroatoms. The second-order valence-corrected chi connectivity index (χ2v) is 4.57. The summed E-state index contributed by atoms with van der Waals surface area (Å²) in [6.07, 6.45) is 0. The Hall–Kier alpha value is -1.81. The highest BCUT2D eigenvalue weighted by molar-refractivity contribution is 9.10. The number of rotatable bonds is 2.